The Hall–Kier alpha value is -1.48. The number of nitrogens with two attached hydrogens (primary N) is 1. The second-order valence-corrected chi connectivity index (χ2v) is 4.85. The number of rotatable bonds is 2. The lowest BCUT2D eigenvalue weighted by Gasteiger charge is -2.11. The summed E-state index contributed by atoms with van der Waals surface area (Å²) in [6.07, 6.45) is 0. The van der Waals surface area contributed by atoms with Crippen molar-refractivity contribution in [2.24, 2.45) is 0 Å². The molecule has 2 aromatic rings. The van der Waals surface area contributed by atoms with E-state index in [1.165, 1.54) is 0 Å². The van der Waals surface area contributed by atoms with Crippen LogP contribution in [0.5, 0.6) is 11.5 Å². The van der Waals surface area contributed by atoms with E-state index in [0.29, 0.717) is 11.4 Å². The topological polar surface area (TPSA) is 35.2 Å². The van der Waals surface area contributed by atoms with Gasteiger partial charge < -0.3 is 10.5 Å². The summed E-state index contributed by atoms with van der Waals surface area (Å²) in [5.74, 6) is 1.50. The maximum atomic E-state index is 5.96. The van der Waals surface area contributed by atoms with Crippen LogP contribution in [0.1, 0.15) is 11.1 Å². The zero-order chi connectivity index (χ0) is 12.4. The fraction of sp³-hybridized carbons (Fsp3) is 0.143. The van der Waals surface area contributed by atoms with Crippen molar-refractivity contribution in [2.75, 3.05) is 5.73 Å². The van der Waals surface area contributed by atoms with E-state index in [-0.39, 0.29) is 0 Å². The lowest BCUT2D eigenvalue weighted by molar-refractivity contribution is 0.484. The van der Waals surface area contributed by atoms with Crippen LogP contribution in [0.15, 0.2) is 40.9 Å². The van der Waals surface area contributed by atoms with Gasteiger partial charge in [0.25, 0.3) is 0 Å². The molecule has 0 saturated heterocycles. The molecule has 3 heteroatoms. The molecule has 0 heterocycles. The fourth-order valence-corrected chi connectivity index (χ4v) is 1.80. The van der Waals surface area contributed by atoms with Crippen LogP contribution < -0.4 is 10.5 Å². The maximum Gasteiger partial charge on any atom is 0.150 e. The van der Waals surface area contributed by atoms with Gasteiger partial charge in [0.1, 0.15) is 5.75 Å². The largest absolute Gasteiger partial charge is 0.455 e. The number of halogens is 1. The van der Waals surface area contributed by atoms with Gasteiger partial charge in [-0.3, -0.25) is 0 Å². The minimum Gasteiger partial charge on any atom is -0.455 e. The first-order valence-corrected chi connectivity index (χ1v) is 6.16. The minimum absolute atomic E-state index is 0.688. The van der Waals surface area contributed by atoms with Crippen molar-refractivity contribution in [1.82, 2.24) is 0 Å². The van der Waals surface area contributed by atoms with Gasteiger partial charge in [0.05, 0.1) is 5.69 Å². The average molecular weight is 292 g/mol. The van der Waals surface area contributed by atoms with E-state index in [1.807, 2.05) is 50.2 Å². The maximum absolute atomic E-state index is 5.96. The molecule has 0 aromatic heterocycles. The highest BCUT2D eigenvalue weighted by Crippen LogP contribution is 2.31. The average Bonchev–Trinajstić information content (AvgIpc) is 2.30. The normalized spacial score (nSPS) is 10.3. The molecule has 0 aliphatic heterocycles. The van der Waals surface area contributed by atoms with E-state index in [0.717, 1.165) is 21.3 Å². The first-order chi connectivity index (χ1) is 8.08. The molecule has 2 aromatic carbocycles. The van der Waals surface area contributed by atoms with E-state index >= 15 is 0 Å². The van der Waals surface area contributed by atoms with Crippen molar-refractivity contribution >= 4 is 21.6 Å². The molecule has 0 fully saturated rings. The Bertz CT molecular complexity index is 552. The number of benzene rings is 2. The van der Waals surface area contributed by atoms with Crippen molar-refractivity contribution < 1.29 is 4.74 Å². The van der Waals surface area contributed by atoms with Crippen molar-refractivity contribution in [1.29, 1.82) is 0 Å². The van der Waals surface area contributed by atoms with E-state index < -0.39 is 0 Å². The number of nitrogen functional groups attached to an aromatic ring is 1. The lowest BCUT2D eigenvalue weighted by Crippen LogP contribution is -1.94. The van der Waals surface area contributed by atoms with E-state index in [1.54, 1.807) is 0 Å². The number of hydrogen-bond acceptors (Lipinski definition) is 2. The van der Waals surface area contributed by atoms with Crippen LogP contribution in [0, 0.1) is 13.8 Å². The summed E-state index contributed by atoms with van der Waals surface area (Å²) in [6.45, 7) is 3.99. The molecule has 0 aliphatic carbocycles. The molecular formula is C14H14BrNO. The summed E-state index contributed by atoms with van der Waals surface area (Å²) < 4.78 is 6.85. The van der Waals surface area contributed by atoms with E-state index in [9.17, 15) is 0 Å². The molecular weight excluding hydrogens is 278 g/mol. The van der Waals surface area contributed by atoms with E-state index in [2.05, 4.69) is 15.9 Å². The van der Waals surface area contributed by atoms with Gasteiger partial charge in [0.15, 0.2) is 5.75 Å². The number of anilines is 1. The zero-order valence-electron chi connectivity index (χ0n) is 9.83. The van der Waals surface area contributed by atoms with E-state index in [4.69, 9.17) is 10.5 Å². The molecule has 0 bridgehead atoms. The van der Waals surface area contributed by atoms with Crippen LogP contribution in [0.4, 0.5) is 5.69 Å². The number of ether oxygens (including phenoxy) is 1. The Labute approximate surface area is 110 Å². The summed E-state index contributed by atoms with van der Waals surface area (Å²) in [5, 5.41) is 0. The van der Waals surface area contributed by atoms with Crippen LogP contribution in [-0.2, 0) is 0 Å². The summed E-state index contributed by atoms with van der Waals surface area (Å²) in [4.78, 5) is 0. The summed E-state index contributed by atoms with van der Waals surface area (Å²) >= 11 is 3.46. The monoisotopic (exact) mass is 291 g/mol. The second kappa shape index (κ2) is 4.80. The van der Waals surface area contributed by atoms with Crippen LogP contribution in [-0.4, -0.2) is 0 Å². The Kier molecular flexibility index (Phi) is 3.38. The third-order valence-corrected chi connectivity index (χ3v) is 3.53. The third-order valence-electron chi connectivity index (χ3n) is 2.64. The third kappa shape index (κ3) is 2.61. The molecule has 0 atom stereocenters. The second-order valence-electron chi connectivity index (χ2n) is 4.00. The molecule has 88 valence electrons. The molecule has 0 saturated carbocycles. The standard InChI is InChI=1S/C14H14BrNO/c1-9-4-3-5-13(14(9)16)17-11-6-7-12(15)10(2)8-11/h3-8H,16H2,1-2H3. The van der Waals surface area contributed by atoms with Crippen LogP contribution in [0.3, 0.4) is 0 Å². The Morgan fingerprint density at radius 1 is 1.06 bits per heavy atom. The first-order valence-electron chi connectivity index (χ1n) is 5.37. The molecule has 0 unspecified atom stereocenters. The highest BCUT2D eigenvalue weighted by molar-refractivity contribution is 9.10. The van der Waals surface area contributed by atoms with Gasteiger partial charge >= 0.3 is 0 Å². The van der Waals surface area contributed by atoms with Crippen LogP contribution in [0.25, 0.3) is 0 Å². The van der Waals surface area contributed by atoms with Gasteiger partial charge in [-0.05, 0) is 49.2 Å². The Morgan fingerprint density at radius 3 is 2.53 bits per heavy atom. The van der Waals surface area contributed by atoms with Crippen molar-refractivity contribution in [3.05, 3.63) is 52.0 Å². The zero-order valence-corrected chi connectivity index (χ0v) is 11.4. The van der Waals surface area contributed by atoms with Crippen LogP contribution >= 0.6 is 15.9 Å². The SMILES string of the molecule is Cc1cc(Oc2cccc(C)c2N)ccc1Br. The quantitative estimate of drug-likeness (QED) is 0.830. The minimum atomic E-state index is 0.688. The molecule has 0 amide bonds. The first kappa shape index (κ1) is 12.0. The highest BCUT2D eigenvalue weighted by atomic mass is 79.9. The predicted octanol–water partition coefficient (Wildman–Crippen LogP) is 4.44. The van der Waals surface area contributed by atoms with Crippen LogP contribution in [0.2, 0.25) is 0 Å². The smallest absolute Gasteiger partial charge is 0.150 e. The molecule has 0 radical (unpaired) electrons. The molecule has 2 nitrogen and oxygen atoms in total. The Morgan fingerprint density at radius 2 is 1.82 bits per heavy atom. The highest BCUT2D eigenvalue weighted by Gasteiger charge is 2.05. The molecule has 2 N–H and O–H groups in total. The van der Waals surface area contributed by atoms with Gasteiger partial charge in [-0.1, -0.05) is 28.1 Å². The van der Waals surface area contributed by atoms with Gasteiger partial charge in [-0.15, -0.1) is 0 Å². The lowest BCUT2D eigenvalue weighted by atomic mass is 10.2. The van der Waals surface area contributed by atoms with Gasteiger partial charge in [-0.2, -0.15) is 0 Å². The molecule has 17 heavy (non-hydrogen) atoms. The van der Waals surface area contributed by atoms with Crippen molar-refractivity contribution in [3.8, 4) is 11.5 Å². The van der Waals surface area contributed by atoms with Crippen molar-refractivity contribution in [2.45, 2.75) is 13.8 Å². The predicted molar refractivity (Wildman–Crippen MR) is 74.5 cm³/mol. The molecule has 0 aliphatic rings. The number of hydrogen-bond donors (Lipinski definition) is 1. The van der Waals surface area contributed by atoms with Gasteiger partial charge in [0.2, 0.25) is 0 Å². The van der Waals surface area contributed by atoms with Crippen molar-refractivity contribution in [3.63, 3.8) is 0 Å². The Balaban J connectivity index is 2.31. The van der Waals surface area contributed by atoms with Gasteiger partial charge in [-0.25, -0.2) is 0 Å². The van der Waals surface area contributed by atoms with Gasteiger partial charge in [0, 0.05) is 4.47 Å². The number of para-hydroxylation sites is 1. The molecule has 0 spiro atoms. The number of aryl methyl sites for hydroxylation is 2. The molecule has 2 rings (SSSR count). The summed E-state index contributed by atoms with van der Waals surface area (Å²) in [6, 6.07) is 11.6. The summed E-state index contributed by atoms with van der Waals surface area (Å²) in [5.41, 5.74) is 8.81. The summed E-state index contributed by atoms with van der Waals surface area (Å²) in [7, 11) is 0. The fourth-order valence-electron chi connectivity index (χ4n) is 1.55.